The molecule has 0 saturated carbocycles. The number of benzene rings is 2. The predicted octanol–water partition coefficient (Wildman–Crippen LogP) is 4.43. The zero-order valence-corrected chi connectivity index (χ0v) is 16.7. The molecule has 6 nitrogen and oxygen atoms in total. The minimum atomic E-state index is -0.0444. The Morgan fingerprint density at radius 3 is 2.69 bits per heavy atom. The van der Waals surface area contributed by atoms with Crippen LogP contribution in [0.15, 0.2) is 60.1 Å². The molecule has 7 heteroatoms. The number of anilines is 2. The first-order valence-corrected chi connectivity index (χ1v) is 10.1. The van der Waals surface area contributed by atoms with E-state index < -0.39 is 0 Å². The van der Waals surface area contributed by atoms with Crippen LogP contribution < -0.4 is 10.6 Å². The van der Waals surface area contributed by atoms with Crippen LogP contribution in [0.3, 0.4) is 0 Å². The van der Waals surface area contributed by atoms with Crippen molar-refractivity contribution in [3.63, 3.8) is 0 Å². The van der Waals surface area contributed by atoms with Gasteiger partial charge in [0.1, 0.15) is 0 Å². The Kier molecular flexibility index (Phi) is 5.39. The summed E-state index contributed by atoms with van der Waals surface area (Å²) >= 11 is 1.47. The van der Waals surface area contributed by atoms with E-state index >= 15 is 0 Å². The van der Waals surface area contributed by atoms with Crippen molar-refractivity contribution in [2.75, 3.05) is 5.32 Å². The maximum absolute atomic E-state index is 12.3. The fourth-order valence-electron chi connectivity index (χ4n) is 3.06. The van der Waals surface area contributed by atoms with Crippen LogP contribution >= 0.6 is 11.3 Å². The van der Waals surface area contributed by atoms with Gasteiger partial charge >= 0.3 is 0 Å². The number of aromatic nitrogens is 2. The zero-order valence-electron chi connectivity index (χ0n) is 15.9. The first-order chi connectivity index (χ1) is 14.1. The van der Waals surface area contributed by atoms with Gasteiger partial charge in [-0.15, -0.1) is 11.3 Å². The molecule has 0 spiro atoms. The van der Waals surface area contributed by atoms with Crippen molar-refractivity contribution in [1.29, 1.82) is 0 Å². The number of hydrogen-bond donors (Lipinski definition) is 3. The predicted molar refractivity (Wildman–Crippen MR) is 116 cm³/mol. The second-order valence-electron chi connectivity index (χ2n) is 6.72. The number of carbonyl (C=O) groups excluding carboxylic acids is 2. The van der Waals surface area contributed by atoms with E-state index in [1.54, 1.807) is 19.1 Å². The molecular weight excluding hydrogens is 384 g/mol. The van der Waals surface area contributed by atoms with Gasteiger partial charge in [0.05, 0.1) is 18.7 Å². The van der Waals surface area contributed by atoms with Crippen molar-refractivity contribution < 1.29 is 9.59 Å². The van der Waals surface area contributed by atoms with Crippen LogP contribution in [0.5, 0.6) is 0 Å². The van der Waals surface area contributed by atoms with Crippen molar-refractivity contribution in [2.24, 2.45) is 0 Å². The molecule has 0 bridgehead atoms. The van der Waals surface area contributed by atoms with Gasteiger partial charge in [-0.1, -0.05) is 18.2 Å². The van der Waals surface area contributed by atoms with Crippen molar-refractivity contribution in [1.82, 2.24) is 15.3 Å². The van der Waals surface area contributed by atoms with Gasteiger partial charge in [-0.05, 0) is 42.8 Å². The molecule has 0 saturated heterocycles. The number of fused-ring (bicyclic) bond motifs is 1. The molecule has 0 aliphatic carbocycles. The van der Waals surface area contributed by atoms with Crippen molar-refractivity contribution in [3.8, 4) is 0 Å². The smallest absolute Gasteiger partial charge is 0.224 e. The maximum atomic E-state index is 12.3. The van der Waals surface area contributed by atoms with E-state index in [1.165, 1.54) is 11.3 Å². The van der Waals surface area contributed by atoms with Crippen molar-refractivity contribution in [3.05, 3.63) is 76.9 Å². The lowest BCUT2D eigenvalue weighted by Crippen LogP contribution is -2.24. The highest BCUT2D eigenvalue weighted by Crippen LogP contribution is 2.22. The molecule has 4 aromatic rings. The molecule has 2 heterocycles. The molecule has 0 radical (unpaired) electrons. The monoisotopic (exact) mass is 404 g/mol. The van der Waals surface area contributed by atoms with Crippen LogP contribution in [0.25, 0.3) is 10.9 Å². The third kappa shape index (κ3) is 4.52. The number of nitrogens with one attached hydrogen (secondary N) is 3. The zero-order chi connectivity index (χ0) is 20.2. The van der Waals surface area contributed by atoms with Gasteiger partial charge < -0.3 is 15.6 Å². The van der Waals surface area contributed by atoms with E-state index in [4.69, 9.17) is 0 Å². The Balaban J connectivity index is 1.32. The average Bonchev–Trinajstić information content (AvgIpc) is 3.34. The highest BCUT2D eigenvalue weighted by molar-refractivity contribution is 7.13. The van der Waals surface area contributed by atoms with Gasteiger partial charge in [-0.25, -0.2) is 4.98 Å². The molecule has 1 amide bonds. The molecule has 146 valence electrons. The molecule has 0 fully saturated rings. The second-order valence-corrected chi connectivity index (χ2v) is 7.57. The van der Waals surface area contributed by atoms with Gasteiger partial charge in [0, 0.05) is 33.7 Å². The van der Waals surface area contributed by atoms with Crippen LogP contribution in [-0.4, -0.2) is 21.7 Å². The Morgan fingerprint density at radius 1 is 1.10 bits per heavy atom. The SMILES string of the molecule is CC(=O)c1ccc(Nc2nc(CNC(=O)Cc3c[nH]c4ccccc34)cs2)cc1. The number of Topliss-reactive ketones (excluding diaryl/α,β-unsaturated/α-hetero) is 1. The van der Waals surface area contributed by atoms with Gasteiger partial charge in [-0.2, -0.15) is 0 Å². The van der Waals surface area contributed by atoms with E-state index in [2.05, 4.69) is 20.6 Å². The number of thiazole rings is 1. The first-order valence-electron chi connectivity index (χ1n) is 9.22. The number of aromatic amines is 1. The molecule has 29 heavy (non-hydrogen) atoms. The van der Waals surface area contributed by atoms with Crippen LogP contribution in [0.2, 0.25) is 0 Å². The Bertz CT molecular complexity index is 1160. The number of hydrogen-bond acceptors (Lipinski definition) is 5. The van der Waals surface area contributed by atoms with Crippen molar-refractivity contribution >= 4 is 44.7 Å². The third-order valence-electron chi connectivity index (χ3n) is 4.59. The summed E-state index contributed by atoms with van der Waals surface area (Å²) in [5.74, 6) is -0.00598. The van der Waals surface area contributed by atoms with E-state index in [-0.39, 0.29) is 11.7 Å². The minimum Gasteiger partial charge on any atom is -0.361 e. The summed E-state index contributed by atoms with van der Waals surface area (Å²) in [7, 11) is 0. The summed E-state index contributed by atoms with van der Waals surface area (Å²) in [6.45, 7) is 1.92. The number of para-hydroxylation sites is 1. The molecule has 0 unspecified atom stereocenters. The molecular formula is C22H20N4O2S. The lowest BCUT2D eigenvalue weighted by molar-refractivity contribution is -0.120. The number of carbonyl (C=O) groups is 2. The fourth-order valence-corrected chi connectivity index (χ4v) is 3.79. The average molecular weight is 404 g/mol. The highest BCUT2D eigenvalue weighted by Gasteiger charge is 2.10. The summed E-state index contributed by atoms with van der Waals surface area (Å²) in [5.41, 5.74) is 4.34. The van der Waals surface area contributed by atoms with E-state index in [9.17, 15) is 9.59 Å². The Hall–Kier alpha value is -3.45. The normalized spacial score (nSPS) is 10.8. The number of amides is 1. The summed E-state index contributed by atoms with van der Waals surface area (Å²) in [4.78, 5) is 31.3. The molecule has 0 atom stereocenters. The molecule has 2 aromatic heterocycles. The molecule has 4 rings (SSSR count). The van der Waals surface area contributed by atoms with Crippen LogP contribution in [0.1, 0.15) is 28.5 Å². The van der Waals surface area contributed by atoms with E-state index in [0.29, 0.717) is 18.5 Å². The first kappa shape index (κ1) is 18.9. The largest absolute Gasteiger partial charge is 0.361 e. The molecule has 0 aliphatic heterocycles. The highest BCUT2D eigenvalue weighted by atomic mass is 32.1. The second kappa shape index (κ2) is 8.28. The Labute approximate surface area is 172 Å². The van der Waals surface area contributed by atoms with Gasteiger partial charge in [0.15, 0.2) is 10.9 Å². The number of H-pyrrole nitrogens is 1. The van der Waals surface area contributed by atoms with Crippen LogP contribution in [-0.2, 0) is 17.8 Å². The summed E-state index contributed by atoms with van der Waals surface area (Å²) in [6, 6.07) is 15.2. The number of nitrogens with zero attached hydrogens (tertiary/aromatic N) is 1. The fraction of sp³-hybridized carbons (Fsp3) is 0.136. The summed E-state index contributed by atoms with van der Waals surface area (Å²) < 4.78 is 0. The van der Waals surface area contributed by atoms with Gasteiger partial charge in [-0.3, -0.25) is 9.59 Å². The molecule has 2 aromatic carbocycles. The van der Waals surface area contributed by atoms with E-state index in [1.807, 2.05) is 48.0 Å². The lowest BCUT2D eigenvalue weighted by atomic mass is 10.1. The quantitative estimate of drug-likeness (QED) is 0.398. The summed E-state index contributed by atoms with van der Waals surface area (Å²) in [6.07, 6.45) is 2.20. The molecule has 0 aliphatic rings. The molecule has 3 N–H and O–H groups in total. The van der Waals surface area contributed by atoms with Crippen LogP contribution in [0.4, 0.5) is 10.8 Å². The maximum Gasteiger partial charge on any atom is 0.224 e. The Morgan fingerprint density at radius 2 is 1.90 bits per heavy atom. The van der Waals surface area contributed by atoms with E-state index in [0.717, 1.165) is 33.0 Å². The van der Waals surface area contributed by atoms with Gasteiger partial charge in [0.25, 0.3) is 0 Å². The minimum absolute atomic E-state index is 0.0384. The lowest BCUT2D eigenvalue weighted by Gasteiger charge is -2.04. The summed E-state index contributed by atoms with van der Waals surface area (Å²) in [5, 5.41) is 9.86. The standard InChI is InChI=1S/C22H20N4O2S/c1-14(27)15-6-8-17(9-7-15)25-22-26-18(13-29-22)12-24-21(28)10-16-11-23-20-5-3-2-4-19(16)20/h2-9,11,13,23H,10,12H2,1H3,(H,24,28)(H,25,26). The number of rotatable bonds is 7. The topological polar surface area (TPSA) is 86.9 Å². The third-order valence-corrected chi connectivity index (χ3v) is 5.39. The number of ketones is 1. The van der Waals surface area contributed by atoms with Crippen LogP contribution in [0, 0.1) is 0 Å². The van der Waals surface area contributed by atoms with Crippen molar-refractivity contribution in [2.45, 2.75) is 19.9 Å². The van der Waals surface area contributed by atoms with Gasteiger partial charge in [0.2, 0.25) is 5.91 Å².